The van der Waals surface area contributed by atoms with E-state index in [1.807, 2.05) is 13.8 Å². The smallest absolute Gasteiger partial charge is 0.222 e. The van der Waals surface area contributed by atoms with Crippen LogP contribution in [0, 0.1) is 5.92 Å². The van der Waals surface area contributed by atoms with Crippen molar-refractivity contribution in [1.29, 1.82) is 0 Å². The van der Waals surface area contributed by atoms with E-state index < -0.39 is 0 Å². The molecule has 1 N–H and O–H groups in total. The van der Waals surface area contributed by atoms with Crippen LogP contribution < -0.4 is 5.32 Å². The van der Waals surface area contributed by atoms with Crippen molar-refractivity contribution in [3.8, 4) is 0 Å². The fourth-order valence-corrected chi connectivity index (χ4v) is 2.93. The molecule has 2 aliphatic rings. The van der Waals surface area contributed by atoms with Crippen molar-refractivity contribution in [3.05, 3.63) is 0 Å². The molecule has 0 aromatic heterocycles. The minimum Gasteiger partial charge on any atom is -0.377 e. The molecule has 0 saturated carbocycles. The number of hydrogen-bond donors (Lipinski definition) is 1. The number of likely N-dealkylation sites (tertiary alicyclic amines) is 1. The molecule has 0 aromatic carbocycles. The summed E-state index contributed by atoms with van der Waals surface area (Å²) < 4.78 is 11.3. The molecule has 0 spiro atoms. The molecular weight excluding hydrogens is 268 g/mol. The van der Waals surface area contributed by atoms with Crippen molar-refractivity contribution in [2.45, 2.75) is 51.7 Å². The van der Waals surface area contributed by atoms with E-state index in [9.17, 15) is 4.79 Å². The standard InChI is InChI=1S/C16H30N2O3/c1-13(2)16(19)17-14-5-3-7-18(11-14)8-10-20-12-15-6-4-9-21-15/h13-15H,3-12H2,1-2H3,(H,17,19)/t14-,15+/m1/s1. The molecule has 21 heavy (non-hydrogen) atoms. The van der Waals surface area contributed by atoms with Gasteiger partial charge in [-0.25, -0.2) is 0 Å². The van der Waals surface area contributed by atoms with Gasteiger partial charge in [0.1, 0.15) is 0 Å². The predicted molar refractivity (Wildman–Crippen MR) is 82.2 cm³/mol. The number of hydrogen-bond acceptors (Lipinski definition) is 4. The fourth-order valence-electron chi connectivity index (χ4n) is 2.93. The highest BCUT2D eigenvalue weighted by Gasteiger charge is 2.22. The number of amides is 1. The maximum Gasteiger partial charge on any atom is 0.222 e. The van der Waals surface area contributed by atoms with Crippen LogP contribution in [0.4, 0.5) is 0 Å². The van der Waals surface area contributed by atoms with E-state index in [4.69, 9.17) is 9.47 Å². The second kappa shape index (κ2) is 8.71. The zero-order chi connectivity index (χ0) is 15.1. The number of rotatable bonds is 7. The van der Waals surface area contributed by atoms with Crippen LogP contribution in [0.3, 0.4) is 0 Å². The van der Waals surface area contributed by atoms with Gasteiger partial charge >= 0.3 is 0 Å². The first-order valence-corrected chi connectivity index (χ1v) is 8.37. The molecule has 5 nitrogen and oxygen atoms in total. The summed E-state index contributed by atoms with van der Waals surface area (Å²) in [6.07, 6.45) is 4.84. The minimum atomic E-state index is 0.0649. The summed E-state index contributed by atoms with van der Waals surface area (Å²) in [6, 6.07) is 0.298. The zero-order valence-corrected chi connectivity index (χ0v) is 13.5. The Balaban J connectivity index is 1.58. The van der Waals surface area contributed by atoms with E-state index in [2.05, 4.69) is 10.2 Å². The molecule has 2 saturated heterocycles. The Hall–Kier alpha value is -0.650. The van der Waals surface area contributed by atoms with Crippen LogP contribution in [0.25, 0.3) is 0 Å². The molecule has 2 rings (SSSR count). The first kappa shape index (κ1) is 16.7. The third kappa shape index (κ3) is 5.93. The molecule has 2 fully saturated rings. The lowest BCUT2D eigenvalue weighted by Crippen LogP contribution is -2.49. The van der Waals surface area contributed by atoms with E-state index in [1.54, 1.807) is 0 Å². The van der Waals surface area contributed by atoms with Crippen LogP contribution in [0.1, 0.15) is 39.5 Å². The van der Waals surface area contributed by atoms with Crippen molar-refractivity contribution in [3.63, 3.8) is 0 Å². The number of piperidine rings is 1. The SMILES string of the molecule is CC(C)C(=O)N[C@@H]1CCCN(CCOC[C@@H]2CCCO2)C1. The Kier molecular flexibility index (Phi) is 6.93. The molecule has 0 aliphatic carbocycles. The highest BCUT2D eigenvalue weighted by atomic mass is 16.5. The summed E-state index contributed by atoms with van der Waals surface area (Å²) in [4.78, 5) is 14.1. The monoisotopic (exact) mass is 298 g/mol. The molecule has 0 aromatic rings. The Morgan fingerprint density at radius 2 is 2.24 bits per heavy atom. The first-order chi connectivity index (χ1) is 10.1. The molecule has 5 heteroatoms. The Morgan fingerprint density at radius 3 is 2.95 bits per heavy atom. The Labute approximate surface area is 128 Å². The first-order valence-electron chi connectivity index (χ1n) is 8.37. The number of ether oxygens (including phenoxy) is 2. The van der Waals surface area contributed by atoms with Gasteiger partial charge in [-0.15, -0.1) is 0 Å². The van der Waals surface area contributed by atoms with Gasteiger partial charge in [-0.3, -0.25) is 9.69 Å². The summed E-state index contributed by atoms with van der Waals surface area (Å²) in [7, 11) is 0. The molecule has 2 atom stereocenters. The number of carbonyl (C=O) groups is 1. The van der Waals surface area contributed by atoms with Crippen LogP contribution in [0.15, 0.2) is 0 Å². The Morgan fingerprint density at radius 1 is 1.38 bits per heavy atom. The lowest BCUT2D eigenvalue weighted by molar-refractivity contribution is -0.125. The van der Waals surface area contributed by atoms with Crippen LogP contribution in [0.5, 0.6) is 0 Å². The molecule has 2 aliphatic heterocycles. The van der Waals surface area contributed by atoms with Crippen LogP contribution in [0.2, 0.25) is 0 Å². The molecule has 2 heterocycles. The number of nitrogens with one attached hydrogen (secondary N) is 1. The van der Waals surface area contributed by atoms with Gasteiger partial charge in [0.05, 0.1) is 19.3 Å². The van der Waals surface area contributed by atoms with E-state index >= 15 is 0 Å². The summed E-state index contributed by atoms with van der Waals surface area (Å²) in [5.74, 6) is 0.228. The maximum absolute atomic E-state index is 11.8. The normalized spacial score (nSPS) is 27.2. The third-order valence-electron chi connectivity index (χ3n) is 4.26. The van der Waals surface area contributed by atoms with Gasteiger partial charge in [-0.1, -0.05) is 13.8 Å². The lowest BCUT2D eigenvalue weighted by Gasteiger charge is -2.33. The lowest BCUT2D eigenvalue weighted by atomic mass is 10.0. The summed E-state index contributed by atoms with van der Waals surface area (Å²) in [6.45, 7) is 9.24. The topological polar surface area (TPSA) is 50.8 Å². The second-order valence-corrected chi connectivity index (χ2v) is 6.51. The van der Waals surface area contributed by atoms with Crippen molar-refractivity contribution in [2.75, 3.05) is 39.5 Å². The van der Waals surface area contributed by atoms with Crippen molar-refractivity contribution < 1.29 is 14.3 Å². The quantitative estimate of drug-likeness (QED) is 0.722. The van der Waals surface area contributed by atoms with Crippen molar-refractivity contribution in [2.24, 2.45) is 5.92 Å². The fraction of sp³-hybridized carbons (Fsp3) is 0.938. The van der Waals surface area contributed by atoms with E-state index in [-0.39, 0.29) is 11.8 Å². The van der Waals surface area contributed by atoms with Gasteiger partial charge < -0.3 is 14.8 Å². The molecule has 1 amide bonds. The Bertz CT molecular complexity index is 317. The van der Waals surface area contributed by atoms with Gasteiger partial charge in [0.15, 0.2) is 0 Å². The maximum atomic E-state index is 11.8. The molecule has 0 unspecified atom stereocenters. The van der Waals surface area contributed by atoms with Gasteiger partial charge in [-0.2, -0.15) is 0 Å². The zero-order valence-electron chi connectivity index (χ0n) is 13.5. The summed E-state index contributed by atoms with van der Waals surface area (Å²) in [5, 5.41) is 3.14. The second-order valence-electron chi connectivity index (χ2n) is 6.51. The number of carbonyl (C=O) groups excluding carboxylic acids is 1. The van der Waals surface area contributed by atoms with Gasteiger partial charge in [0.25, 0.3) is 0 Å². The van der Waals surface area contributed by atoms with E-state index in [1.165, 1.54) is 0 Å². The summed E-state index contributed by atoms with van der Waals surface area (Å²) in [5.41, 5.74) is 0. The minimum absolute atomic E-state index is 0.0649. The van der Waals surface area contributed by atoms with Crippen molar-refractivity contribution >= 4 is 5.91 Å². The van der Waals surface area contributed by atoms with E-state index in [0.29, 0.717) is 12.1 Å². The molecule has 0 bridgehead atoms. The average Bonchev–Trinajstić information content (AvgIpc) is 2.97. The molecular formula is C16H30N2O3. The third-order valence-corrected chi connectivity index (χ3v) is 4.26. The molecule has 122 valence electrons. The van der Waals surface area contributed by atoms with Gasteiger partial charge in [-0.05, 0) is 32.2 Å². The van der Waals surface area contributed by atoms with Crippen molar-refractivity contribution in [1.82, 2.24) is 10.2 Å². The van der Waals surface area contributed by atoms with Crippen LogP contribution in [-0.4, -0.2) is 62.4 Å². The highest BCUT2D eigenvalue weighted by Crippen LogP contribution is 2.13. The van der Waals surface area contributed by atoms with E-state index in [0.717, 1.165) is 65.1 Å². The number of nitrogens with zero attached hydrogens (tertiary/aromatic N) is 1. The molecule has 0 radical (unpaired) electrons. The summed E-state index contributed by atoms with van der Waals surface area (Å²) >= 11 is 0. The average molecular weight is 298 g/mol. The largest absolute Gasteiger partial charge is 0.377 e. The predicted octanol–water partition coefficient (Wildman–Crippen LogP) is 1.42. The van der Waals surface area contributed by atoms with Gasteiger partial charge in [0.2, 0.25) is 5.91 Å². The van der Waals surface area contributed by atoms with Crippen LogP contribution in [-0.2, 0) is 14.3 Å². The van der Waals surface area contributed by atoms with Crippen LogP contribution >= 0.6 is 0 Å². The highest BCUT2D eigenvalue weighted by molar-refractivity contribution is 5.78. The van der Waals surface area contributed by atoms with Gasteiger partial charge in [0, 0.05) is 31.7 Å².